The zero-order valence-corrected chi connectivity index (χ0v) is 10.6. The first-order valence-electron chi connectivity index (χ1n) is 5.79. The molecule has 7 heteroatoms. The van der Waals surface area contributed by atoms with Crippen LogP contribution in [-0.2, 0) is 11.3 Å². The Labute approximate surface area is 110 Å². The van der Waals surface area contributed by atoms with Gasteiger partial charge in [0.1, 0.15) is 6.04 Å². The quantitative estimate of drug-likeness (QED) is 0.676. The van der Waals surface area contributed by atoms with Crippen LogP contribution >= 0.6 is 0 Å². The number of hydrogen-bond donors (Lipinski definition) is 3. The van der Waals surface area contributed by atoms with Crippen molar-refractivity contribution in [2.24, 2.45) is 0 Å². The SMILES string of the molecule is CN(Cc1ccccn1)C(=O)NC(CCO)C(=O)O. The second-order valence-electron chi connectivity index (χ2n) is 4.03. The summed E-state index contributed by atoms with van der Waals surface area (Å²) in [6.45, 7) is -0.0284. The molecular formula is C12H17N3O4. The fourth-order valence-electron chi connectivity index (χ4n) is 1.45. The molecule has 0 saturated heterocycles. The van der Waals surface area contributed by atoms with Crippen LogP contribution in [0.1, 0.15) is 12.1 Å². The molecule has 1 unspecified atom stereocenters. The minimum Gasteiger partial charge on any atom is -0.480 e. The molecule has 0 radical (unpaired) electrons. The monoisotopic (exact) mass is 267 g/mol. The van der Waals surface area contributed by atoms with Gasteiger partial charge in [-0.3, -0.25) is 4.98 Å². The highest BCUT2D eigenvalue weighted by Crippen LogP contribution is 2.00. The molecule has 3 N–H and O–H groups in total. The van der Waals surface area contributed by atoms with Gasteiger partial charge >= 0.3 is 12.0 Å². The van der Waals surface area contributed by atoms with E-state index in [-0.39, 0.29) is 19.6 Å². The number of carbonyl (C=O) groups excluding carboxylic acids is 1. The molecule has 1 aromatic heterocycles. The van der Waals surface area contributed by atoms with E-state index in [1.165, 1.54) is 4.90 Å². The van der Waals surface area contributed by atoms with Crippen LogP contribution in [0.25, 0.3) is 0 Å². The van der Waals surface area contributed by atoms with Crippen molar-refractivity contribution >= 4 is 12.0 Å². The second-order valence-corrected chi connectivity index (χ2v) is 4.03. The lowest BCUT2D eigenvalue weighted by molar-refractivity contribution is -0.139. The molecule has 0 spiro atoms. The Morgan fingerprint density at radius 1 is 1.47 bits per heavy atom. The summed E-state index contributed by atoms with van der Waals surface area (Å²) < 4.78 is 0. The number of aliphatic hydroxyl groups is 1. The first-order chi connectivity index (χ1) is 9.04. The van der Waals surface area contributed by atoms with Gasteiger partial charge in [0.2, 0.25) is 0 Å². The summed E-state index contributed by atoms with van der Waals surface area (Å²) in [5.74, 6) is -1.17. The number of aromatic nitrogens is 1. The van der Waals surface area contributed by atoms with Crippen LogP contribution in [-0.4, -0.2) is 51.8 Å². The lowest BCUT2D eigenvalue weighted by Crippen LogP contribution is -2.46. The standard InChI is InChI=1S/C12H17N3O4/c1-15(8-9-4-2-3-6-13-9)12(19)14-10(5-7-16)11(17)18/h2-4,6,10,16H,5,7-8H2,1H3,(H,14,19)(H,17,18). The van der Waals surface area contributed by atoms with Gasteiger partial charge in [-0.15, -0.1) is 0 Å². The number of aliphatic hydroxyl groups excluding tert-OH is 1. The molecule has 0 aliphatic heterocycles. The third kappa shape index (κ3) is 4.92. The van der Waals surface area contributed by atoms with E-state index >= 15 is 0 Å². The van der Waals surface area contributed by atoms with E-state index in [1.54, 1.807) is 31.4 Å². The molecule has 0 saturated carbocycles. The Hall–Kier alpha value is -2.15. The number of aliphatic carboxylic acids is 1. The number of nitrogens with one attached hydrogen (secondary N) is 1. The lowest BCUT2D eigenvalue weighted by atomic mass is 10.2. The predicted molar refractivity (Wildman–Crippen MR) is 67.4 cm³/mol. The highest BCUT2D eigenvalue weighted by Gasteiger charge is 2.21. The third-order valence-corrected chi connectivity index (χ3v) is 2.49. The van der Waals surface area contributed by atoms with Crippen molar-refractivity contribution in [3.8, 4) is 0 Å². The Bertz CT molecular complexity index is 424. The molecule has 104 valence electrons. The van der Waals surface area contributed by atoms with Gasteiger partial charge in [-0.1, -0.05) is 6.07 Å². The van der Waals surface area contributed by atoms with Gasteiger partial charge in [0.05, 0.1) is 12.2 Å². The van der Waals surface area contributed by atoms with Crippen molar-refractivity contribution in [2.75, 3.05) is 13.7 Å². The summed E-state index contributed by atoms with van der Waals surface area (Å²) in [4.78, 5) is 28.0. The van der Waals surface area contributed by atoms with Crippen LogP contribution in [0.4, 0.5) is 4.79 Å². The van der Waals surface area contributed by atoms with E-state index in [0.717, 1.165) is 0 Å². The van der Waals surface area contributed by atoms with Crippen LogP contribution < -0.4 is 5.32 Å². The summed E-state index contributed by atoms with van der Waals surface area (Å²) in [5, 5.41) is 19.9. The zero-order chi connectivity index (χ0) is 14.3. The summed E-state index contributed by atoms with van der Waals surface area (Å²) in [6.07, 6.45) is 1.59. The molecule has 19 heavy (non-hydrogen) atoms. The third-order valence-electron chi connectivity index (χ3n) is 2.49. The highest BCUT2D eigenvalue weighted by molar-refractivity contribution is 5.82. The summed E-state index contributed by atoms with van der Waals surface area (Å²) >= 11 is 0. The van der Waals surface area contributed by atoms with Crippen LogP contribution in [0.15, 0.2) is 24.4 Å². The normalized spacial score (nSPS) is 11.7. The number of hydrogen-bond acceptors (Lipinski definition) is 4. The van der Waals surface area contributed by atoms with Crippen LogP contribution in [0, 0.1) is 0 Å². The number of pyridine rings is 1. The maximum absolute atomic E-state index is 11.8. The van der Waals surface area contributed by atoms with Gasteiger partial charge in [0, 0.05) is 26.3 Å². The lowest BCUT2D eigenvalue weighted by Gasteiger charge is -2.20. The summed E-state index contributed by atoms with van der Waals surface area (Å²) in [6, 6.07) is 3.73. The maximum Gasteiger partial charge on any atom is 0.326 e. The molecule has 0 aromatic carbocycles. The van der Waals surface area contributed by atoms with E-state index in [1.807, 2.05) is 0 Å². The molecule has 1 heterocycles. The average molecular weight is 267 g/mol. The van der Waals surface area contributed by atoms with E-state index in [2.05, 4.69) is 10.3 Å². The van der Waals surface area contributed by atoms with Crippen molar-refractivity contribution < 1.29 is 19.8 Å². The van der Waals surface area contributed by atoms with Gasteiger partial charge in [0.25, 0.3) is 0 Å². The van der Waals surface area contributed by atoms with E-state index in [0.29, 0.717) is 5.69 Å². The Kier molecular flexibility index (Phi) is 5.74. The number of amides is 2. The largest absolute Gasteiger partial charge is 0.480 e. The Balaban J connectivity index is 2.54. The van der Waals surface area contributed by atoms with Gasteiger partial charge in [-0.25, -0.2) is 9.59 Å². The zero-order valence-electron chi connectivity index (χ0n) is 10.6. The predicted octanol–water partition coefficient (Wildman–Crippen LogP) is 0.0586. The fourth-order valence-corrected chi connectivity index (χ4v) is 1.45. The van der Waals surface area contributed by atoms with Gasteiger partial charge in [0.15, 0.2) is 0 Å². The molecule has 1 atom stereocenters. The number of rotatable bonds is 6. The Morgan fingerprint density at radius 3 is 2.74 bits per heavy atom. The second kappa shape index (κ2) is 7.32. The molecule has 1 aromatic rings. The molecule has 0 aliphatic rings. The van der Waals surface area contributed by atoms with E-state index in [9.17, 15) is 9.59 Å². The van der Waals surface area contributed by atoms with Crippen molar-refractivity contribution in [3.05, 3.63) is 30.1 Å². The molecule has 0 fully saturated rings. The first kappa shape index (κ1) is 14.9. The van der Waals surface area contributed by atoms with Crippen LogP contribution in [0.3, 0.4) is 0 Å². The fraction of sp³-hybridized carbons (Fsp3) is 0.417. The van der Waals surface area contributed by atoms with Gasteiger partial charge in [-0.05, 0) is 12.1 Å². The maximum atomic E-state index is 11.8. The smallest absolute Gasteiger partial charge is 0.326 e. The molecule has 0 aliphatic carbocycles. The number of carboxylic acid groups (broad SMARTS) is 1. The van der Waals surface area contributed by atoms with E-state index < -0.39 is 18.0 Å². The van der Waals surface area contributed by atoms with Crippen molar-refractivity contribution in [2.45, 2.75) is 19.0 Å². The van der Waals surface area contributed by atoms with Gasteiger partial charge in [-0.2, -0.15) is 0 Å². The number of carbonyl (C=O) groups is 2. The molecule has 2 amide bonds. The average Bonchev–Trinajstić information content (AvgIpc) is 2.39. The van der Waals surface area contributed by atoms with Crippen molar-refractivity contribution in [1.29, 1.82) is 0 Å². The number of nitrogens with zero attached hydrogens (tertiary/aromatic N) is 2. The van der Waals surface area contributed by atoms with Crippen LogP contribution in [0.5, 0.6) is 0 Å². The van der Waals surface area contributed by atoms with Crippen molar-refractivity contribution in [3.63, 3.8) is 0 Å². The highest BCUT2D eigenvalue weighted by atomic mass is 16.4. The first-order valence-corrected chi connectivity index (χ1v) is 5.79. The van der Waals surface area contributed by atoms with E-state index in [4.69, 9.17) is 10.2 Å². The minimum atomic E-state index is -1.17. The molecule has 0 bridgehead atoms. The molecule has 1 rings (SSSR count). The van der Waals surface area contributed by atoms with Crippen LogP contribution in [0.2, 0.25) is 0 Å². The number of carboxylic acids is 1. The minimum absolute atomic E-state index is 0.0293. The number of urea groups is 1. The molecule has 7 nitrogen and oxygen atoms in total. The van der Waals surface area contributed by atoms with Gasteiger partial charge < -0.3 is 20.4 Å². The summed E-state index contributed by atoms with van der Waals surface area (Å²) in [5.41, 5.74) is 0.703. The Morgan fingerprint density at radius 2 is 2.21 bits per heavy atom. The molecular weight excluding hydrogens is 250 g/mol. The summed E-state index contributed by atoms with van der Waals surface area (Å²) in [7, 11) is 1.54. The van der Waals surface area contributed by atoms with Crippen molar-refractivity contribution in [1.82, 2.24) is 15.2 Å². The topological polar surface area (TPSA) is 103 Å².